The summed E-state index contributed by atoms with van der Waals surface area (Å²) >= 11 is 0. The molecule has 0 saturated carbocycles. The Hall–Kier alpha value is -0.520. The van der Waals surface area contributed by atoms with Crippen LogP contribution in [0.1, 0.15) is 40.5 Å². The van der Waals surface area contributed by atoms with Crippen molar-refractivity contribution in [1.82, 2.24) is 0 Å². The van der Waals surface area contributed by atoms with Gasteiger partial charge in [-0.15, -0.1) is 0 Å². The zero-order valence-corrected chi connectivity index (χ0v) is 7.72. The van der Waals surface area contributed by atoms with Crippen molar-refractivity contribution in [3.05, 3.63) is 24.3 Å². The minimum atomic E-state index is 1.17. The molecule has 0 aromatic carbocycles. The van der Waals surface area contributed by atoms with Gasteiger partial charge < -0.3 is 0 Å². The molecule has 0 amide bonds. The molecule has 0 unspecified atom stereocenters. The van der Waals surface area contributed by atoms with Crippen molar-refractivity contribution in [3.8, 4) is 0 Å². The van der Waals surface area contributed by atoms with E-state index >= 15 is 0 Å². The molecule has 0 aliphatic carbocycles. The van der Waals surface area contributed by atoms with Gasteiger partial charge in [-0.25, -0.2) is 0 Å². The van der Waals surface area contributed by atoms with Gasteiger partial charge in [0.2, 0.25) is 0 Å². The van der Waals surface area contributed by atoms with Crippen LogP contribution in [0.15, 0.2) is 24.3 Å². The van der Waals surface area contributed by atoms with E-state index in [2.05, 4.69) is 26.0 Å². The fraction of sp³-hybridized carbons (Fsp3) is 0.600. The molecule has 0 radical (unpaired) electrons. The van der Waals surface area contributed by atoms with Gasteiger partial charge in [-0.05, 0) is 26.7 Å². The van der Waals surface area contributed by atoms with Crippen LogP contribution in [0.5, 0.6) is 0 Å². The third-order valence-electron chi connectivity index (χ3n) is 0.971. The smallest absolute Gasteiger partial charge is 0.0379 e. The summed E-state index contributed by atoms with van der Waals surface area (Å²) in [5.41, 5.74) is 0. The molecule has 0 atom stereocenters. The molecule has 0 rings (SSSR count). The number of hydrogen-bond donors (Lipinski definition) is 0. The predicted molar refractivity (Wildman–Crippen MR) is 50.2 cm³/mol. The normalized spacial score (nSPS) is 10.0. The molecule has 0 saturated heterocycles. The van der Waals surface area contributed by atoms with Crippen molar-refractivity contribution in [2.45, 2.75) is 40.5 Å². The van der Waals surface area contributed by atoms with Gasteiger partial charge in [0, 0.05) is 0 Å². The number of rotatable bonds is 2. The third-order valence-corrected chi connectivity index (χ3v) is 0.971. The fourth-order valence-corrected chi connectivity index (χ4v) is 0.333. The molecular formula is C10H20. The maximum absolute atomic E-state index is 2.18. The fourth-order valence-electron chi connectivity index (χ4n) is 0.333. The Morgan fingerprint density at radius 1 is 0.800 bits per heavy atom. The van der Waals surface area contributed by atoms with Crippen LogP contribution in [0.4, 0.5) is 0 Å². The molecule has 60 valence electrons. The van der Waals surface area contributed by atoms with E-state index in [0.717, 1.165) is 0 Å². The molecule has 0 fully saturated rings. The molecular weight excluding hydrogens is 120 g/mol. The molecule has 0 aromatic heterocycles. The van der Waals surface area contributed by atoms with Crippen LogP contribution in [0.3, 0.4) is 0 Å². The summed E-state index contributed by atoms with van der Waals surface area (Å²) in [4.78, 5) is 0. The molecule has 0 nitrogen and oxygen atoms in total. The van der Waals surface area contributed by atoms with E-state index in [-0.39, 0.29) is 0 Å². The van der Waals surface area contributed by atoms with Crippen LogP contribution in [-0.4, -0.2) is 0 Å². The highest BCUT2D eigenvalue weighted by molar-refractivity contribution is 4.77. The molecule has 0 aliphatic rings. The number of hydrogen-bond acceptors (Lipinski definition) is 0. The van der Waals surface area contributed by atoms with E-state index in [0.29, 0.717) is 0 Å². The third kappa shape index (κ3) is 25.9. The molecule has 0 heteroatoms. The van der Waals surface area contributed by atoms with Crippen LogP contribution in [-0.2, 0) is 0 Å². The van der Waals surface area contributed by atoms with E-state index in [1.165, 1.54) is 12.8 Å². The SMILES string of the molecule is C/C=C\C.CC/C=C\CC. The first kappa shape index (κ1) is 12.2. The van der Waals surface area contributed by atoms with Gasteiger partial charge in [-0.1, -0.05) is 38.2 Å². The summed E-state index contributed by atoms with van der Waals surface area (Å²) in [7, 11) is 0. The Balaban J connectivity index is 0. The summed E-state index contributed by atoms with van der Waals surface area (Å²) in [5, 5.41) is 0. The topological polar surface area (TPSA) is 0 Å². The number of allylic oxidation sites excluding steroid dienone is 4. The second-order valence-electron chi connectivity index (χ2n) is 1.95. The Labute approximate surface area is 65.7 Å². The monoisotopic (exact) mass is 140 g/mol. The second-order valence-corrected chi connectivity index (χ2v) is 1.95. The lowest BCUT2D eigenvalue weighted by Gasteiger charge is -1.72. The van der Waals surface area contributed by atoms with Gasteiger partial charge in [0.1, 0.15) is 0 Å². The summed E-state index contributed by atoms with van der Waals surface area (Å²) < 4.78 is 0. The van der Waals surface area contributed by atoms with Gasteiger partial charge in [0.15, 0.2) is 0 Å². The van der Waals surface area contributed by atoms with Crippen LogP contribution in [0, 0.1) is 0 Å². The van der Waals surface area contributed by atoms with Gasteiger partial charge in [0.25, 0.3) is 0 Å². The van der Waals surface area contributed by atoms with Gasteiger partial charge in [0.05, 0.1) is 0 Å². The predicted octanol–water partition coefficient (Wildman–Crippen LogP) is 3.95. The van der Waals surface area contributed by atoms with E-state index in [4.69, 9.17) is 0 Å². The first-order chi connectivity index (χ1) is 4.83. The Bertz CT molecular complexity index is 68.0. The molecule has 0 spiro atoms. The molecule has 10 heavy (non-hydrogen) atoms. The maximum Gasteiger partial charge on any atom is -0.0379 e. The zero-order valence-electron chi connectivity index (χ0n) is 7.72. The highest BCUT2D eigenvalue weighted by Gasteiger charge is 1.60. The molecule has 0 aliphatic heterocycles. The standard InChI is InChI=1S/C6H12.C4H8/c1-3-5-6-4-2;1-3-4-2/h5-6H,3-4H2,1-2H3;3-4H,1-2H3/b6-5-;4-3-. The van der Waals surface area contributed by atoms with Crippen LogP contribution >= 0.6 is 0 Å². The lowest BCUT2D eigenvalue weighted by molar-refractivity contribution is 1.16. The first-order valence-electron chi connectivity index (χ1n) is 4.05. The lowest BCUT2D eigenvalue weighted by atomic mass is 10.4. The van der Waals surface area contributed by atoms with Crippen molar-refractivity contribution in [1.29, 1.82) is 0 Å². The molecule has 0 N–H and O–H groups in total. The van der Waals surface area contributed by atoms with Gasteiger partial charge in [-0.3, -0.25) is 0 Å². The summed E-state index contributed by atoms with van der Waals surface area (Å²) in [6, 6.07) is 0. The Morgan fingerprint density at radius 3 is 1.20 bits per heavy atom. The quantitative estimate of drug-likeness (QED) is 0.509. The van der Waals surface area contributed by atoms with Crippen molar-refractivity contribution < 1.29 is 0 Å². The minimum absolute atomic E-state index is 1.17. The average molecular weight is 140 g/mol. The lowest BCUT2D eigenvalue weighted by Crippen LogP contribution is -1.51. The van der Waals surface area contributed by atoms with Crippen LogP contribution < -0.4 is 0 Å². The Morgan fingerprint density at radius 2 is 1.10 bits per heavy atom. The van der Waals surface area contributed by atoms with E-state index in [1.54, 1.807) is 0 Å². The average Bonchev–Trinajstić information content (AvgIpc) is 2.01. The minimum Gasteiger partial charge on any atom is -0.0919 e. The molecule has 0 aromatic rings. The summed E-state index contributed by atoms with van der Waals surface area (Å²) in [6.45, 7) is 8.29. The Kier molecular flexibility index (Phi) is 19.3. The molecule has 0 heterocycles. The van der Waals surface area contributed by atoms with E-state index in [1.807, 2.05) is 26.0 Å². The highest BCUT2D eigenvalue weighted by atomic mass is 13.7. The van der Waals surface area contributed by atoms with Crippen molar-refractivity contribution >= 4 is 0 Å². The van der Waals surface area contributed by atoms with Crippen molar-refractivity contribution in [3.63, 3.8) is 0 Å². The first-order valence-corrected chi connectivity index (χ1v) is 4.05. The van der Waals surface area contributed by atoms with Crippen molar-refractivity contribution in [2.75, 3.05) is 0 Å². The van der Waals surface area contributed by atoms with E-state index in [9.17, 15) is 0 Å². The maximum atomic E-state index is 2.18. The summed E-state index contributed by atoms with van der Waals surface area (Å²) in [6.07, 6.45) is 10.7. The zero-order chi connectivity index (χ0) is 8.24. The van der Waals surface area contributed by atoms with Gasteiger partial charge >= 0.3 is 0 Å². The summed E-state index contributed by atoms with van der Waals surface area (Å²) in [5.74, 6) is 0. The van der Waals surface area contributed by atoms with Crippen molar-refractivity contribution in [2.24, 2.45) is 0 Å². The van der Waals surface area contributed by atoms with Crippen LogP contribution in [0.2, 0.25) is 0 Å². The largest absolute Gasteiger partial charge is 0.0919 e. The van der Waals surface area contributed by atoms with E-state index < -0.39 is 0 Å². The molecule has 0 bridgehead atoms. The second kappa shape index (κ2) is 15.8. The van der Waals surface area contributed by atoms with Gasteiger partial charge in [-0.2, -0.15) is 0 Å². The highest BCUT2D eigenvalue weighted by Crippen LogP contribution is 1.81. The van der Waals surface area contributed by atoms with Crippen LogP contribution in [0.25, 0.3) is 0 Å².